The van der Waals surface area contributed by atoms with Gasteiger partial charge in [0.05, 0.1) is 23.3 Å². The molecule has 0 aliphatic carbocycles. The van der Waals surface area contributed by atoms with Crippen molar-refractivity contribution in [1.82, 2.24) is 20.6 Å². The van der Waals surface area contributed by atoms with Gasteiger partial charge in [0, 0.05) is 21.9 Å². The summed E-state index contributed by atoms with van der Waals surface area (Å²) in [5.41, 5.74) is 20.3. The van der Waals surface area contributed by atoms with Crippen LogP contribution in [-0.4, -0.2) is 112 Å². The highest BCUT2D eigenvalue weighted by Crippen LogP contribution is 2.37. The molecule has 10 N–H and O–H groups in total. The van der Waals surface area contributed by atoms with E-state index >= 15 is 0 Å². The molecule has 0 bridgehead atoms. The standard InChI is InChI=1S/C44H52ClN9O8S.2C2HF3O2/c1-23(2)15-35(48)39(55)51-25(5)43(57)61-21-32(62-44(58)26(6)52-40(56)36(49)16-24(3)4)20-59-31-13-9-27(10-14-31)37-33(17-46)38(50)54-42(34(37)18-47)63-22-30-19-60-41(53-30)28-7-11-29(45)12-8-28;2*3-2(4,5)1(6)7/h7-14,19,23-26,32,35-36H,15-16,20-22,48-49H2,1-6H3,(H2,50,54)(H,51,55)(H,52,56);2*(H,6,7)/t25-,26?,32-,35-,36-;;/m0../s1. The molecule has 0 radical (unpaired) electrons. The number of benzene rings is 2. The largest absolute Gasteiger partial charge is 0.490 e. The first-order valence-corrected chi connectivity index (χ1v) is 23.9. The summed E-state index contributed by atoms with van der Waals surface area (Å²) in [6.45, 7) is 9.73. The lowest BCUT2D eigenvalue weighted by molar-refractivity contribution is -0.193. The summed E-state index contributed by atoms with van der Waals surface area (Å²) in [6, 6.07) is 13.7. The number of carboxylic acid groups (broad SMARTS) is 2. The molecule has 77 heavy (non-hydrogen) atoms. The SMILES string of the molecule is CC(C)C[C@H](N)C(=O)NC(C)C(=O)O[C@H](COC(=O)[C@H](C)NC(=O)[C@@H](N)CC(C)C)COc1ccc(-c2c(C#N)c(N)nc(SCc3coc(-c4ccc(Cl)cc4)n3)c2C#N)cc1.O=C(O)C(F)(F)F.O=C(O)C(F)(F)F. The van der Waals surface area contributed by atoms with E-state index in [0.717, 1.165) is 5.56 Å². The number of pyridine rings is 1. The molecule has 0 saturated heterocycles. The lowest BCUT2D eigenvalue weighted by Gasteiger charge is -2.23. The smallest absolute Gasteiger partial charge is 0.490 e. The molecule has 0 aliphatic rings. The van der Waals surface area contributed by atoms with Gasteiger partial charge in [-0.05, 0) is 80.5 Å². The second-order valence-electron chi connectivity index (χ2n) is 17.2. The number of oxazole rings is 1. The van der Waals surface area contributed by atoms with Gasteiger partial charge in [-0.2, -0.15) is 36.9 Å². The molecular formula is C48H54ClF6N9O12S. The first-order valence-electron chi connectivity index (χ1n) is 22.6. The Morgan fingerprint density at radius 2 is 1.21 bits per heavy atom. The molecule has 0 spiro atoms. The minimum Gasteiger partial charge on any atom is -0.490 e. The Morgan fingerprint density at radius 3 is 1.66 bits per heavy atom. The van der Waals surface area contributed by atoms with Crippen LogP contribution in [0.15, 0.2) is 64.2 Å². The fourth-order valence-electron chi connectivity index (χ4n) is 6.01. The van der Waals surface area contributed by atoms with E-state index < -0.39 is 84.9 Å². The zero-order valence-electron chi connectivity index (χ0n) is 41.8. The lowest BCUT2D eigenvalue weighted by Crippen LogP contribution is -2.49. The number of amides is 2. The van der Waals surface area contributed by atoms with Crippen LogP contribution in [0.4, 0.5) is 32.2 Å². The van der Waals surface area contributed by atoms with E-state index in [2.05, 4.69) is 32.7 Å². The van der Waals surface area contributed by atoms with Crippen LogP contribution < -0.4 is 32.6 Å². The van der Waals surface area contributed by atoms with Gasteiger partial charge in [-0.3, -0.25) is 9.59 Å². The van der Waals surface area contributed by atoms with E-state index in [-0.39, 0.29) is 57.5 Å². The van der Waals surface area contributed by atoms with Crippen LogP contribution in [-0.2, 0) is 44.0 Å². The van der Waals surface area contributed by atoms with E-state index in [9.17, 15) is 56.0 Å². The van der Waals surface area contributed by atoms with Crippen LogP contribution in [0.2, 0.25) is 5.02 Å². The molecule has 0 fully saturated rings. The molecule has 4 rings (SSSR count). The molecule has 5 atom stereocenters. The molecule has 29 heteroatoms. The quantitative estimate of drug-likeness (QED) is 0.0265. The summed E-state index contributed by atoms with van der Waals surface area (Å²) in [7, 11) is 0. The zero-order chi connectivity index (χ0) is 58.5. The summed E-state index contributed by atoms with van der Waals surface area (Å²) < 4.78 is 86.1. The summed E-state index contributed by atoms with van der Waals surface area (Å²) in [6.07, 6.45) is -9.04. The van der Waals surface area contributed by atoms with E-state index in [4.69, 9.17) is 67.2 Å². The summed E-state index contributed by atoms with van der Waals surface area (Å²) >= 11 is 7.20. The Bertz CT molecular complexity index is 2730. The van der Waals surface area contributed by atoms with Crippen molar-refractivity contribution < 1.29 is 84.0 Å². The van der Waals surface area contributed by atoms with Crippen LogP contribution in [0, 0.1) is 34.5 Å². The van der Waals surface area contributed by atoms with E-state index in [0.29, 0.717) is 35.0 Å². The van der Waals surface area contributed by atoms with Gasteiger partial charge in [0.15, 0.2) is 6.10 Å². The molecule has 0 aliphatic heterocycles. The van der Waals surface area contributed by atoms with Crippen LogP contribution in [0.3, 0.4) is 0 Å². The minimum absolute atomic E-state index is 0.00326. The van der Waals surface area contributed by atoms with Crippen molar-refractivity contribution in [3.8, 4) is 40.5 Å². The predicted octanol–water partition coefficient (Wildman–Crippen LogP) is 6.53. The number of alkyl halides is 6. The molecule has 0 saturated carbocycles. The van der Waals surface area contributed by atoms with Crippen molar-refractivity contribution in [2.45, 2.75) is 108 Å². The highest BCUT2D eigenvalue weighted by atomic mass is 35.5. The predicted molar refractivity (Wildman–Crippen MR) is 264 cm³/mol. The maximum atomic E-state index is 13.2. The topological polar surface area (TPSA) is 359 Å². The summed E-state index contributed by atoms with van der Waals surface area (Å²) in [5, 5.41) is 40.6. The number of aliphatic carboxylic acids is 2. The average molecular weight is 1130 g/mol. The Balaban J connectivity index is 0.00000127. The van der Waals surface area contributed by atoms with Gasteiger partial charge in [0.2, 0.25) is 17.7 Å². The molecule has 2 heterocycles. The van der Waals surface area contributed by atoms with Gasteiger partial charge in [-0.25, -0.2) is 29.1 Å². The van der Waals surface area contributed by atoms with Crippen molar-refractivity contribution in [2.24, 2.45) is 23.3 Å². The number of halogens is 7. The number of nitrogen functional groups attached to an aromatic ring is 1. The second-order valence-corrected chi connectivity index (χ2v) is 18.6. The number of nitriles is 2. The molecule has 2 amide bonds. The number of nitrogens with one attached hydrogen (secondary N) is 2. The van der Waals surface area contributed by atoms with Crippen molar-refractivity contribution in [1.29, 1.82) is 10.5 Å². The molecule has 21 nitrogen and oxygen atoms in total. The normalized spacial score (nSPS) is 13.1. The molecule has 2 aromatic heterocycles. The Hall–Kier alpha value is -7.66. The van der Waals surface area contributed by atoms with E-state index in [1.54, 1.807) is 48.5 Å². The zero-order valence-corrected chi connectivity index (χ0v) is 43.4. The number of anilines is 1. The molecule has 1 unspecified atom stereocenters. The number of carbonyl (C=O) groups excluding carboxylic acids is 4. The highest BCUT2D eigenvalue weighted by Gasteiger charge is 2.39. The number of thioether (sulfide) groups is 1. The molecular weight excluding hydrogens is 1080 g/mol. The number of rotatable bonds is 21. The van der Waals surface area contributed by atoms with Crippen LogP contribution in [0.25, 0.3) is 22.6 Å². The number of carboxylic acids is 2. The third-order valence-corrected chi connectivity index (χ3v) is 11.0. The van der Waals surface area contributed by atoms with Gasteiger partial charge < -0.3 is 56.7 Å². The first-order chi connectivity index (χ1) is 35.8. The fourth-order valence-corrected chi connectivity index (χ4v) is 7.01. The Morgan fingerprint density at radius 1 is 0.740 bits per heavy atom. The number of nitrogens with two attached hydrogens (primary N) is 3. The minimum atomic E-state index is -5.08. The monoisotopic (exact) mass is 1130 g/mol. The number of aromatic nitrogens is 2. The van der Waals surface area contributed by atoms with Crippen molar-refractivity contribution in [3.05, 3.63) is 76.6 Å². The summed E-state index contributed by atoms with van der Waals surface area (Å²) in [4.78, 5) is 78.0. The Labute approximate surface area is 445 Å². The summed E-state index contributed by atoms with van der Waals surface area (Å²) in [5.74, 6) is -7.06. The number of hydrogen-bond acceptors (Lipinski definition) is 18. The maximum absolute atomic E-state index is 13.2. The lowest BCUT2D eigenvalue weighted by atomic mass is 9.97. The van der Waals surface area contributed by atoms with Crippen LogP contribution in [0.1, 0.15) is 71.2 Å². The van der Waals surface area contributed by atoms with Gasteiger partial charge in [-0.1, -0.05) is 63.2 Å². The van der Waals surface area contributed by atoms with E-state index in [1.165, 1.54) is 31.9 Å². The van der Waals surface area contributed by atoms with Gasteiger partial charge in [0.25, 0.3) is 0 Å². The number of carbonyl (C=O) groups is 6. The first kappa shape index (κ1) is 65.5. The van der Waals surface area contributed by atoms with Crippen molar-refractivity contribution >= 4 is 64.9 Å². The fraction of sp³-hybridized carbons (Fsp3) is 0.417. The van der Waals surface area contributed by atoms with Crippen molar-refractivity contribution in [3.63, 3.8) is 0 Å². The van der Waals surface area contributed by atoms with Crippen molar-refractivity contribution in [2.75, 3.05) is 18.9 Å². The van der Waals surface area contributed by atoms with Gasteiger partial charge in [-0.15, -0.1) is 0 Å². The second kappa shape index (κ2) is 30.2. The number of esters is 2. The maximum Gasteiger partial charge on any atom is 0.490 e. The van der Waals surface area contributed by atoms with Gasteiger partial charge >= 0.3 is 36.2 Å². The van der Waals surface area contributed by atoms with Gasteiger partial charge in [0.1, 0.15) is 65.9 Å². The third-order valence-electron chi connectivity index (χ3n) is 9.72. The van der Waals surface area contributed by atoms with Crippen LogP contribution in [0.5, 0.6) is 5.75 Å². The molecule has 4 aromatic rings. The third kappa shape index (κ3) is 22.2. The molecule has 418 valence electrons. The van der Waals surface area contributed by atoms with Crippen LogP contribution >= 0.6 is 23.4 Å². The Kier molecular flexibility index (Phi) is 25.7. The number of ether oxygens (including phenoxy) is 3. The average Bonchev–Trinajstić information content (AvgIpc) is 3.82. The number of hydrogen-bond donors (Lipinski definition) is 7. The number of nitrogens with zero attached hydrogens (tertiary/aromatic N) is 4. The van der Waals surface area contributed by atoms with E-state index in [1.807, 2.05) is 27.7 Å². The highest BCUT2D eigenvalue weighted by molar-refractivity contribution is 7.98. The molecule has 2 aromatic carbocycles.